The lowest BCUT2D eigenvalue weighted by atomic mass is 10.2. The summed E-state index contributed by atoms with van der Waals surface area (Å²) in [4.78, 5) is 4.05. The van der Waals surface area contributed by atoms with Gasteiger partial charge in [-0.25, -0.2) is 0 Å². The van der Waals surface area contributed by atoms with E-state index in [-0.39, 0.29) is 12.4 Å². The number of halogens is 2. The van der Waals surface area contributed by atoms with E-state index in [0.29, 0.717) is 5.02 Å². The van der Waals surface area contributed by atoms with Gasteiger partial charge >= 0.3 is 0 Å². The van der Waals surface area contributed by atoms with Crippen molar-refractivity contribution in [2.24, 2.45) is 5.10 Å². The molecule has 1 aromatic heterocycles. The first kappa shape index (κ1) is 14.5. The molecule has 1 N–H and O–H groups in total. The molecule has 0 saturated carbocycles. The molecule has 0 saturated heterocycles. The summed E-state index contributed by atoms with van der Waals surface area (Å²) in [6.45, 7) is 1.93. The monoisotopic (exact) mass is 281 g/mol. The topological polar surface area (TPSA) is 37.3 Å². The van der Waals surface area contributed by atoms with Gasteiger partial charge in [0, 0.05) is 23.0 Å². The second kappa shape index (κ2) is 6.99. The van der Waals surface area contributed by atoms with E-state index in [1.54, 1.807) is 12.4 Å². The molecule has 18 heavy (non-hydrogen) atoms. The van der Waals surface area contributed by atoms with Gasteiger partial charge in [-0.2, -0.15) is 5.10 Å². The highest BCUT2D eigenvalue weighted by molar-refractivity contribution is 6.30. The number of rotatable bonds is 3. The van der Waals surface area contributed by atoms with E-state index in [0.717, 1.165) is 17.0 Å². The zero-order valence-electron chi connectivity index (χ0n) is 9.80. The lowest BCUT2D eigenvalue weighted by Gasteiger charge is -2.03. The van der Waals surface area contributed by atoms with Gasteiger partial charge < -0.3 is 0 Å². The highest BCUT2D eigenvalue weighted by Crippen LogP contribution is 2.13. The van der Waals surface area contributed by atoms with Gasteiger partial charge in [-0.3, -0.25) is 10.4 Å². The number of aromatic nitrogens is 1. The second-order valence-electron chi connectivity index (χ2n) is 3.56. The lowest BCUT2D eigenvalue weighted by molar-refractivity contribution is 1.28. The summed E-state index contributed by atoms with van der Waals surface area (Å²) in [6.07, 6.45) is 3.52. The third kappa shape index (κ3) is 4.02. The van der Waals surface area contributed by atoms with Crippen LogP contribution >= 0.6 is 24.0 Å². The fourth-order valence-corrected chi connectivity index (χ4v) is 1.44. The molecule has 0 unspecified atom stereocenters. The lowest BCUT2D eigenvalue weighted by Crippen LogP contribution is -1.99. The maximum atomic E-state index is 5.80. The van der Waals surface area contributed by atoms with Gasteiger partial charge in [0.25, 0.3) is 0 Å². The Hall–Kier alpha value is -1.58. The third-order valence-corrected chi connectivity index (χ3v) is 2.53. The molecule has 0 atom stereocenters. The van der Waals surface area contributed by atoms with E-state index in [4.69, 9.17) is 11.6 Å². The van der Waals surface area contributed by atoms with Crippen LogP contribution in [0.4, 0.5) is 5.69 Å². The predicted octanol–water partition coefficient (Wildman–Crippen LogP) is 3.99. The number of nitrogens with zero attached hydrogens (tertiary/aromatic N) is 2. The van der Waals surface area contributed by atoms with Crippen LogP contribution in [-0.4, -0.2) is 10.7 Å². The number of benzene rings is 1. The molecule has 0 aliphatic rings. The minimum absolute atomic E-state index is 0. The van der Waals surface area contributed by atoms with Crippen LogP contribution in [0.1, 0.15) is 12.5 Å². The number of hydrogen-bond donors (Lipinski definition) is 1. The molecule has 1 heterocycles. The van der Waals surface area contributed by atoms with E-state index in [2.05, 4.69) is 15.5 Å². The Morgan fingerprint density at radius 1 is 1.22 bits per heavy atom. The van der Waals surface area contributed by atoms with Crippen molar-refractivity contribution in [3.05, 3.63) is 59.4 Å². The number of anilines is 1. The Kier molecular flexibility index (Phi) is 5.62. The first-order chi connectivity index (χ1) is 8.25. The van der Waals surface area contributed by atoms with Crippen molar-refractivity contribution in [2.75, 3.05) is 5.43 Å². The largest absolute Gasteiger partial charge is 0.278 e. The molecule has 0 fully saturated rings. The smallest absolute Gasteiger partial charge is 0.0663 e. The van der Waals surface area contributed by atoms with Crippen molar-refractivity contribution in [3.63, 3.8) is 0 Å². The number of pyridine rings is 1. The molecule has 0 amide bonds. The van der Waals surface area contributed by atoms with Gasteiger partial charge in [-0.05, 0) is 37.3 Å². The standard InChI is InChI=1S/C13H12ClN3.ClH/c1-10(11-3-2-8-15-9-11)16-17-13-6-4-12(14)5-7-13;/h2-9,17H,1H3;1H. The normalized spacial score (nSPS) is 10.7. The average Bonchev–Trinajstić information content (AvgIpc) is 2.39. The third-order valence-electron chi connectivity index (χ3n) is 2.28. The van der Waals surface area contributed by atoms with Crippen molar-refractivity contribution in [1.29, 1.82) is 0 Å². The van der Waals surface area contributed by atoms with Crippen molar-refractivity contribution in [1.82, 2.24) is 4.98 Å². The Morgan fingerprint density at radius 2 is 1.94 bits per heavy atom. The van der Waals surface area contributed by atoms with Crippen LogP contribution in [0.25, 0.3) is 0 Å². The van der Waals surface area contributed by atoms with Crippen LogP contribution in [0.5, 0.6) is 0 Å². The molecule has 5 heteroatoms. The van der Waals surface area contributed by atoms with Gasteiger partial charge in [-0.1, -0.05) is 17.7 Å². The molecule has 1 aromatic carbocycles. The minimum Gasteiger partial charge on any atom is -0.278 e. The van der Waals surface area contributed by atoms with E-state index in [1.807, 2.05) is 43.3 Å². The van der Waals surface area contributed by atoms with Crippen molar-refractivity contribution >= 4 is 35.4 Å². The molecule has 0 aliphatic carbocycles. The maximum absolute atomic E-state index is 5.80. The van der Waals surface area contributed by atoms with Crippen LogP contribution < -0.4 is 5.43 Å². The van der Waals surface area contributed by atoms with Gasteiger partial charge in [0.1, 0.15) is 0 Å². The summed E-state index contributed by atoms with van der Waals surface area (Å²) in [5, 5.41) is 4.99. The fraction of sp³-hybridized carbons (Fsp3) is 0.0769. The van der Waals surface area contributed by atoms with Crippen LogP contribution in [0.15, 0.2) is 53.9 Å². The zero-order chi connectivity index (χ0) is 12.1. The quantitative estimate of drug-likeness (QED) is 0.682. The summed E-state index contributed by atoms with van der Waals surface area (Å²) in [5.41, 5.74) is 5.75. The Balaban J connectivity index is 0.00000162. The summed E-state index contributed by atoms with van der Waals surface area (Å²) in [6, 6.07) is 11.2. The predicted molar refractivity (Wildman–Crippen MR) is 78.8 cm³/mol. The summed E-state index contributed by atoms with van der Waals surface area (Å²) < 4.78 is 0. The van der Waals surface area contributed by atoms with E-state index in [1.165, 1.54) is 0 Å². The first-order valence-electron chi connectivity index (χ1n) is 5.22. The SMILES string of the molecule is CC(=NNc1ccc(Cl)cc1)c1cccnc1.Cl. The molecule has 2 aromatic rings. The molecule has 0 spiro atoms. The molecule has 0 aliphatic heterocycles. The Labute approximate surface area is 117 Å². The first-order valence-corrected chi connectivity index (χ1v) is 5.60. The van der Waals surface area contributed by atoms with Crippen molar-refractivity contribution in [2.45, 2.75) is 6.92 Å². The number of nitrogens with one attached hydrogen (secondary N) is 1. The number of hydrazone groups is 1. The highest BCUT2D eigenvalue weighted by atomic mass is 35.5. The molecular formula is C13H13Cl2N3. The summed E-state index contributed by atoms with van der Waals surface area (Å²) >= 11 is 5.80. The van der Waals surface area contributed by atoms with Gasteiger partial charge in [0.05, 0.1) is 11.4 Å². The van der Waals surface area contributed by atoms with E-state index in [9.17, 15) is 0 Å². The summed E-state index contributed by atoms with van der Waals surface area (Å²) in [5.74, 6) is 0. The van der Waals surface area contributed by atoms with Gasteiger partial charge in [0.15, 0.2) is 0 Å². The molecule has 94 valence electrons. The van der Waals surface area contributed by atoms with E-state index >= 15 is 0 Å². The van der Waals surface area contributed by atoms with Crippen molar-refractivity contribution < 1.29 is 0 Å². The molecule has 0 radical (unpaired) electrons. The molecular weight excluding hydrogens is 269 g/mol. The number of hydrogen-bond acceptors (Lipinski definition) is 3. The van der Waals surface area contributed by atoms with Crippen LogP contribution in [-0.2, 0) is 0 Å². The highest BCUT2D eigenvalue weighted by Gasteiger charge is 1.96. The molecule has 0 bridgehead atoms. The maximum Gasteiger partial charge on any atom is 0.0663 e. The van der Waals surface area contributed by atoms with E-state index < -0.39 is 0 Å². The Bertz CT molecular complexity index is 510. The van der Waals surface area contributed by atoms with Crippen molar-refractivity contribution in [3.8, 4) is 0 Å². The molecule has 3 nitrogen and oxygen atoms in total. The van der Waals surface area contributed by atoms with Gasteiger partial charge in [0.2, 0.25) is 0 Å². The van der Waals surface area contributed by atoms with Crippen LogP contribution in [0.3, 0.4) is 0 Å². The average molecular weight is 282 g/mol. The minimum atomic E-state index is 0. The van der Waals surface area contributed by atoms with Crippen LogP contribution in [0.2, 0.25) is 5.02 Å². The fourth-order valence-electron chi connectivity index (χ4n) is 1.31. The molecule has 2 rings (SSSR count). The second-order valence-corrected chi connectivity index (χ2v) is 3.99. The Morgan fingerprint density at radius 3 is 2.56 bits per heavy atom. The van der Waals surface area contributed by atoms with Gasteiger partial charge in [-0.15, -0.1) is 12.4 Å². The summed E-state index contributed by atoms with van der Waals surface area (Å²) in [7, 11) is 0. The zero-order valence-corrected chi connectivity index (χ0v) is 11.4. The van der Waals surface area contributed by atoms with Crippen LogP contribution in [0, 0.1) is 0 Å².